The number of rotatable bonds is 8. The van der Waals surface area contributed by atoms with E-state index in [1.54, 1.807) is 0 Å². The van der Waals surface area contributed by atoms with Crippen LogP contribution in [0, 0.1) is 0 Å². The summed E-state index contributed by atoms with van der Waals surface area (Å²) in [4.78, 5) is 6.33. The van der Waals surface area contributed by atoms with Crippen molar-refractivity contribution in [2.24, 2.45) is 0 Å². The molecule has 70 heavy (non-hydrogen) atoms. The normalized spacial score (nSPS) is 14.1. The van der Waals surface area contributed by atoms with Crippen molar-refractivity contribution in [3.63, 3.8) is 0 Å². The van der Waals surface area contributed by atoms with Crippen LogP contribution >= 0.6 is 11.3 Å². The molecule has 0 N–H and O–H groups in total. The van der Waals surface area contributed by atoms with Gasteiger partial charge in [0.25, 0.3) is 0 Å². The second-order valence-electron chi connectivity index (χ2n) is 18.4. The number of hydrogen-bond donors (Lipinski definition) is 0. The number of thiophene rings is 1. The highest BCUT2D eigenvalue weighted by atomic mass is 32.1. The van der Waals surface area contributed by atoms with Gasteiger partial charge < -0.3 is 9.80 Å². The fourth-order valence-corrected chi connectivity index (χ4v) is 13.1. The fraction of sp³-hybridized carbons (Fsp3) is 0.0149. The third kappa shape index (κ3) is 6.12. The zero-order chi connectivity index (χ0) is 46.2. The first-order valence-corrected chi connectivity index (χ1v) is 24.9. The van der Waals surface area contributed by atoms with Crippen molar-refractivity contribution in [2.45, 2.75) is 5.41 Å². The van der Waals surface area contributed by atoms with Crippen LogP contribution < -0.4 is 9.80 Å². The van der Waals surface area contributed by atoms with Crippen molar-refractivity contribution in [3.05, 3.63) is 288 Å². The molecule has 2 aliphatic rings. The van der Waals surface area contributed by atoms with E-state index in [0.29, 0.717) is 0 Å². The zero-order valence-corrected chi connectivity index (χ0v) is 39.0. The summed E-state index contributed by atoms with van der Waals surface area (Å²) in [5.74, 6) is 0. The van der Waals surface area contributed by atoms with E-state index >= 15 is 0 Å². The van der Waals surface area contributed by atoms with Crippen molar-refractivity contribution in [2.75, 3.05) is 9.80 Å². The minimum Gasteiger partial charge on any atom is -0.310 e. The lowest BCUT2D eigenvalue weighted by Crippen LogP contribution is -2.27. The van der Waals surface area contributed by atoms with Crippen LogP contribution in [0.25, 0.3) is 65.4 Å². The maximum Gasteiger partial charge on any atom is 0.0839 e. The van der Waals surface area contributed by atoms with Crippen LogP contribution in [0.15, 0.2) is 267 Å². The SMILES string of the molecule is c1ccc(-c2ccc(N(c3ccc(-c4ccccc4)cc3)c3ccc4c(c3)-c3ccccc3C43c4sc5ccccc5c4-c4cccc(N(c5ccccc5)c5cccc6ccccc56)c43)cc2)cc1. The topological polar surface area (TPSA) is 6.48 Å². The van der Waals surface area contributed by atoms with Gasteiger partial charge in [0.05, 0.1) is 16.8 Å². The van der Waals surface area contributed by atoms with Gasteiger partial charge in [-0.25, -0.2) is 0 Å². The number of anilines is 6. The van der Waals surface area contributed by atoms with Gasteiger partial charge in [-0.3, -0.25) is 0 Å². The summed E-state index contributed by atoms with van der Waals surface area (Å²) in [6.45, 7) is 0. The Kier molecular flexibility index (Phi) is 9.33. The van der Waals surface area contributed by atoms with Crippen LogP contribution in [0.1, 0.15) is 21.6 Å². The van der Waals surface area contributed by atoms with Crippen LogP contribution in [0.3, 0.4) is 0 Å². The molecule has 11 aromatic carbocycles. The molecule has 1 unspecified atom stereocenters. The number of nitrogens with zero attached hydrogens (tertiary/aromatic N) is 2. The smallest absolute Gasteiger partial charge is 0.0839 e. The van der Waals surface area contributed by atoms with E-state index in [9.17, 15) is 0 Å². The minimum absolute atomic E-state index is 0.605. The summed E-state index contributed by atoms with van der Waals surface area (Å²) in [6.07, 6.45) is 0. The molecule has 0 saturated carbocycles. The predicted molar refractivity (Wildman–Crippen MR) is 296 cm³/mol. The van der Waals surface area contributed by atoms with Gasteiger partial charge in [-0.15, -0.1) is 11.3 Å². The van der Waals surface area contributed by atoms with Crippen LogP contribution in [0.4, 0.5) is 34.1 Å². The molecule has 14 rings (SSSR count). The van der Waals surface area contributed by atoms with E-state index in [1.165, 1.54) is 92.6 Å². The fourth-order valence-electron chi connectivity index (χ4n) is 11.6. The van der Waals surface area contributed by atoms with E-state index in [-0.39, 0.29) is 0 Å². The Balaban J connectivity index is 1.02. The van der Waals surface area contributed by atoms with Gasteiger partial charge in [0, 0.05) is 54.2 Å². The highest BCUT2D eigenvalue weighted by Gasteiger charge is 2.55. The first kappa shape index (κ1) is 40.3. The Morgan fingerprint density at radius 1 is 0.314 bits per heavy atom. The van der Waals surface area contributed by atoms with Crippen LogP contribution in [-0.2, 0) is 5.41 Å². The zero-order valence-electron chi connectivity index (χ0n) is 38.2. The number of fused-ring (bicyclic) bond motifs is 13. The van der Waals surface area contributed by atoms with Crippen LogP contribution in [0.2, 0.25) is 0 Å². The van der Waals surface area contributed by atoms with Crippen molar-refractivity contribution in [1.82, 2.24) is 0 Å². The van der Waals surface area contributed by atoms with Crippen LogP contribution in [0.5, 0.6) is 0 Å². The van der Waals surface area contributed by atoms with Crippen molar-refractivity contribution in [3.8, 4) is 44.5 Å². The lowest BCUT2D eigenvalue weighted by atomic mass is 9.73. The van der Waals surface area contributed by atoms with Gasteiger partial charge in [-0.1, -0.05) is 200 Å². The molecular weight excluding hydrogens is 865 g/mol. The van der Waals surface area contributed by atoms with Crippen molar-refractivity contribution >= 4 is 66.3 Å². The highest BCUT2D eigenvalue weighted by Crippen LogP contribution is 2.68. The first-order chi connectivity index (χ1) is 34.7. The van der Waals surface area contributed by atoms with Crippen molar-refractivity contribution < 1.29 is 0 Å². The van der Waals surface area contributed by atoms with Gasteiger partial charge in [-0.2, -0.15) is 0 Å². The highest BCUT2D eigenvalue weighted by molar-refractivity contribution is 7.20. The average molecular weight is 909 g/mol. The molecule has 0 saturated heterocycles. The molecule has 2 nitrogen and oxygen atoms in total. The summed E-state index contributed by atoms with van der Waals surface area (Å²) < 4.78 is 1.31. The second-order valence-corrected chi connectivity index (χ2v) is 19.4. The third-order valence-electron chi connectivity index (χ3n) is 14.6. The number of benzene rings is 11. The van der Waals surface area contributed by atoms with Gasteiger partial charge in [-0.05, 0) is 122 Å². The Morgan fingerprint density at radius 2 is 0.814 bits per heavy atom. The summed E-state index contributed by atoms with van der Waals surface area (Å²) in [6, 6.07) is 98.4. The van der Waals surface area contributed by atoms with E-state index in [1.807, 2.05) is 11.3 Å². The van der Waals surface area contributed by atoms with Crippen LogP contribution in [-0.4, -0.2) is 0 Å². The largest absolute Gasteiger partial charge is 0.310 e. The van der Waals surface area contributed by atoms with Crippen molar-refractivity contribution in [1.29, 1.82) is 0 Å². The molecule has 0 radical (unpaired) electrons. The minimum atomic E-state index is -0.605. The second kappa shape index (κ2) is 16.2. The molecule has 1 spiro atoms. The number of hydrogen-bond acceptors (Lipinski definition) is 3. The maximum absolute atomic E-state index is 2.52. The Morgan fingerprint density at radius 3 is 1.53 bits per heavy atom. The molecule has 1 atom stereocenters. The molecule has 0 fully saturated rings. The summed E-state index contributed by atoms with van der Waals surface area (Å²) in [5, 5.41) is 3.73. The molecule has 0 aliphatic heterocycles. The van der Waals surface area contributed by atoms with Gasteiger partial charge in [0.15, 0.2) is 0 Å². The Bertz CT molecular complexity index is 3850. The molecule has 0 bridgehead atoms. The van der Waals surface area contributed by atoms with Gasteiger partial charge in [0.1, 0.15) is 0 Å². The molecule has 2 aliphatic carbocycles. The Hall–Kier alpha value is -8.76. The molecule has 0 amide bonds. The molecular formula is C67H44N2S. The Labute approximate surface area is 412 Å². The average Bonchev–Trinajstić information content (AvgIpc) is 4.06. The van der Waals surface area contributed by atoms with E-state index in [0.717, 1.165) is 28.4 Å². The molecule has 12 aromatic rings. The standard InChI is InChI=1S/C67H44N2S/c1-4-18-45(19-5-1)47-34-38-51(39-35-47)68(52-40-36-48(37-41-52)46-20-6-2-7-21-46)53-42-43-60-58(44-53)55-27-12-14-30-59(55)67(60)65-57(64-56-28-13-15-33-63(56)70-66(64)67)29-17-32-62(65)69(50-24-8-3-9-25-50)61-31-16-23-49-22-10-11-26-54(49)61/h1-44H. The van der Waals surface area contributed by atoms with E-state index < -0.39 is 5.41 Å². The molecule has 1 aromatic heterocycles. The van der Waals surface area contributed by atoms with Gasteiger partial charge >= 0.3 is 0 Å². The lowest BCUT2D eigenvalue weighted by molar-refractivity contribution is 0.810. The lowest BCUT2D eigenvalue weighted by Gasteiger charge is -2.36. The summed E-state index contributed by atoms with van der Waals surface area (Å²) in [7, 11) is 0. The van der Waals surface area contributed by atoms with E-state index in [4.69, 9.17) is 0 Å². The molecule has 3 heteroatoms. The summed E-state index contributed by atoms with van der Waals surface area (Å²) >= 11 is 1.96. The van der Waals surface area contributed by atoms with E-state index in [2.05, 4.69) is 277 Å². The first-order valence-electron chi connectivity index (χ1n) is 24.1. The third-order valence-corrected chi connectivity index (χ3v) is 15.9. The summed E-state index contributed by atoms with van der Waals surface area (Å²) in [5.41, 5.74) is 20.0. The molecule has 328 valence electrons. The number of para-hydroxylation sites is 1. The van der Waals surface area contributed by atoms with Gasteiger partial charge in [0.2, 0.25) is 0 Å². The predicted octanol–water partition coefficient (Wildman–Crippen LogP) is 18.7. The monoisotopic (exact) mass is 908 g/mol. The quantitative estimate of drug-likeness (QED) is 0.150. The maximum atomic E-state index is 2.52. The molecule has 1 heterocycles.